The molecule has 0 heterocycles. The summed E-state index contributed by atoms with van der Waals surface area (Å²) >= 11 is 0. The molecular weight excluding hydrogens is 348 g/mol. The van der Waals surface area contributed by atoms with E-state index < -0.39 is 9.85 Å². The Balaban J connectivity index is 4.24. The maximum Gasteiger partial charge on any atom is 0.246 e. The first-order valence-electron chi connectivity index (χ1n) is 9.34. The summed E-state index contributed by atoms with van der Waals surface area (Å²) < 4.78 is 0. The van der Waals surface area contributed by atoms with Crippen LogP contribution in [0.25, 0.3) is 0 Å². The average Bonchev–Trinajstić information content (AvgIpc) is 2.63. The summed E-state index contributed by atoms with van der Waals surface area (Å²) in [5.41, 5.74) is 0.260. The highest BCUT2D eigenvalue weighted by Crippen LogP contribution is 2.10. The van der Waals surface area contributed by atoms with E-state index >= 15 is 0 Å². The average molecular weight is 377 g/mol. The van der Waals surface area contributed by atoms with E-state index in [1.165, 1.54) is 6.08 Å². The summed E-state index contributed by atoms with van der Waals surface area (Å²) in [6.07, 6.45) is 18.8. The van der Waals surface area contributed by atoms with Crippen LogP contribution in [-0.2, 0) is 4.79 Å². The van der Waals surface area contributed by atoms with Gasteiger partial charge in [-0.1, -0.05) is 44.1 Å². The first-order valence-corrected chi connectivity index (χ1v) is 9.34. The normalized spacial score (nSPS) is 12.8. The Morgan fingerprint density at radius 1 is 0.852 bits per heavy atom. The summed E-state index contributed by atoms with van der Waals surface area (Å²) in [4.78, 5) is 31.1. The molecule has 0 saturated carbocycles. The van der Waals surface area contributed by atoms with Crippen molar-refractivity contribution in [3.05, 3.63) is 68.1 Å². The van der Waals surface area contributed by atoms with Gasteiger partial charge in [0.2, 0.25) is 11.4 Å². The van der Waals surface area contributed by atoms with Crippen LogP contribution in [0, 0.1) is 20.2 Å². The van der Waals surface area contributed by atoms with Gasteiger partial charge in [-0.2, -0.15) is 0 Å². The lowest BCUT2D eigenvalue weighted by Gasteiger charge is -1.96. The Labute approximate surface area is 160 Å². The molecule has 0 saturated heterocycles. The zero-order valence-corrected chi connectivity index (χ0v) is 16.0. The van der Waals surface area contributed by atoms with Crippen molar-refractivity contribution in [1.29, 1.82) is 0 Å². The standard InChI is InChI=1S/C20H29N2O5/c1-2-14-19(21(24)25)15-11-9-12-17-20(22(26)27)16-10-7-5-3-4-6-8-13-18-23/h7,9-11,14,17H,2-6,8,12-13,15-16H2,1H3/b10-7+,11-9+,19-14-,20-17-. The second kappa shape index (κ2) is 16.9. The fourth-order valence-electron chi connectivity index (χ4n) is 2.34. The lowest BCUT2D eigenvalue weighted by molar-refractivity contribution is -0.427. The van der Waals surface area contributed by atoms with Gasteiger partial charge in [0.15, 0.2) is 6.29 Å². The van der Waals surface area contributed by atoms with Crippen molar-refractivity contribution in [3.63, 3.8) is 0 Å². The van der Waals surface area contributed by atoms with E-state index in [0.29, 0.717) is 19.3 Å². The Morgan fingerprint density at radius 2 is 1.44 bits per heavy atom. The SMILES string of the molecule is CC/C=C(/C/C=C/C/C=C(/C/C=C/CCCCCC[C]=O)[N+](=O)[O-])[N+](=O)[O-]. The third kappa shape index (κ3) is 14.3. The molecule has 0 atom stereocenters. The van der Waals surface area contributed by atoms with Crippen LogP contribution >= 0.6 is 0 Å². The van der Waals surface area contributed by atoms with Crippen LogP contribution in [0.15, 0.2) is 47.9 Å². The Hall–Kier alpha value is -2.57. The Morgan fingerprint density at radius 3 is 2.04 bits per heavy atom. The monoisotopic (exact) mass is 377 g/mol. The van der Waals surface area contributed by atoms with Crippen LogP contribution in [0.5, 0.6) is 0 Å². The molecule has 0 fully saturated rings. The zero-order valence-electron chi connectivity index (χ0n) is 16.0. The molecule has 0 bridgehead atoms. The minimum atomic E-state index is -0.405. The first kappa shape index (κ1) is 24.4. The molecule has 0 unspecified atom stereocenters. The number of rotatable bonds is 16. The molecule has 0 aliphatic heterocycles. The quantitative estimate of drug-likeness (QED) is 0.154. The Bertz CT molecular complexity index is 577. The minimum absolute atomic E-state index is 0.121. The number of hydrogen-bond donors (Lipinski definition) is 0. The maximum atomic E-state index is 11.1. The number of nitrogens with zero attached hydrogens (tertiary/aromatic N) is 2. The topological polar surface area (TPSA) is 103 Å². The van der Waals surface area contributed by atoms with Gasteiger partial charge in [-0.25, -0.2) is 0 Å². The molecule has 0 N–H and O–H groups in total. The van der Waals surface area contributed by atoms with Crippen LogP contribution in [0.1, 0.15) is 71.1 Å². The third-order valence-corrected chi connectivity index (χ3v) is 3.79. The second-order valence-corrected chi connectivity index (χ2v) is 6.00. The number of unbranched alkanes of at least 4 members (excludes halogenated alkanes) is 5. The molecule has 0 aliphatic rings. The fraction of sp³-hybridized carbons (Fsp3) is 0.550. The van der Waals surface area contributed by atoms with Crippen molar-refractivity contribution >= 4 is 6.29 Å². The van der Waals surface area contributed by atoms with Gasteiger partial charge in [0.25, 0.3) is 0 Å². The van der Waals surface area contributed by atoms with Crippen LogP contribution in [0.3, 0.4) is 0 Å². The zero-order chi connectivity index (χ0) is 20.3. The molecule has 27 heavy (non-hydrogen) atoms. The summed E-state index contributed by atoms with van der Waals surface area (Å²) in [5, 5.41) is 21.9. The van der Waals surface area contributed by atoms with E-state index in [0.717, 1.165) is 32.1 Å². The van der Waals surface area contributed by atoms with Gasteiger partial charge in [-0.3, -0.25) is 25.0 Å². The molecule has 1 radical (unpaired) electrons. The largest absolute Gasteiger partial charge is 0.291 e. The number of allylic oxidation sites excluding steroid dienone is 6. The minimum Gasteiger partial charge on any atom is -0.291 e. The summed E-state index contributed by atoms with van der Waals surface area (Å²) in [7, 11) is 0. The van der Waals surface area contributed by atoms with E-state index in [2.05, 4.69) is 0 Å². The van der Waals surface area contributed by atoms with Crippen molar-refractivity contribution in [2.75, 3.05) is 0 Å². The van der Waals surface area contributed by atoms with Crippen molar-refractivity contribution < 1.29 is 14.6 Å². The molecule has 0 aromatic heterocycles. The van der Waals surface area contributed by atoms with Crippen molar-refractivity contribution in [3.8, 4) is 0 Å². The summed E-state index contributed by atoms with van der Waals surface area (Å²) in [6, 6.07) is 0. The molecule has 0 aromatic rings. The molecule has 0 amide bonds. The van der Waals surface area contributed by atoms with Gasteiger partial charge < -0.3 is 0 Å². The van der Waals surface area contributed by atoms with E-state index in [1.807, 2.05) is 19.3 Å². The first-order chi connectivity index (χ1) is 13.0. The maximum absolute atomic E-state index is 11.1. The van der Waals surface area contributed by atoms with E-state index in [4.69, 9.17) is 0 Å². The molecule has 7 nitrogen and oxygen atoms in total. The van der Waals surface area contributed by atoms with Crippen LogP contribution in [0.4, 0.5) is 0 Å². The van der Waals surface area contributed by atoms with E-state index in [9.17, 15) is 25.0 Å². The van der Waals surface area contributed by atoms with E-state index in [1.54, 1.807) is 24.3 Å². The number of carbonyl (C=O) groups excluding carboxylic acids is 1. The summed E-state index contributed by atoms with van der Waals surface area (Å²) in [6.45, 7) is 1.83. The van der Waals surface area contributed by atoms with Gasteiger partial charge in [0, 0.05) is 6.42 Å². The summed E-state index contributed by atoms with van der Waals surface area (Å²) in [5.74, 6) is 0. The molecule has 0 aromatic carbocycles. The van der Waals surface area contributed by atoms with Gasteiger partial charge in [0.05, 0.1) is 22.7 Å². The van der Waals surface area contributed by atoms with Crippen LogP contribution < -0.4 is 0 Å². The lowest BCUT2D eigenvalue weighted by atomic mass is 10.1. The highest BCUT2D eigenvalue weighted by atomic mass is 16.6. The van der Waals surface area contributed by atoms with Crippen molar-refractivity contribution in [2.45, 2.75) is 71.1 Å². The Kier molecular flexibility index (Phi) is 15.3. The van der Waals surface area contributed by atoms with Crippen LogP contribution in [0.2, 0.25) is 0 Å². The lowest BCUT2D eigenvalue weighted by Crippen LogP contribution is -1.97. The van der Waals surface area contributed by atoms with Crippen LogP contribution in [-0.4, -0.2) is 16.1 Å². The highest BCUT2D eigenvalue weighted by molar-refractivity contribution is 5.50. The smallest absolute Gasteiger partial charge is 0.246 e. The molecule has 0 aliphatic carbocycles. The number of hydrogen-bond acceptors (Lipinski definition) is 5. The van der Waals surface area contributed by atoms with Gasteiger partial charge in [0.1, 0.15) is 0 Å². The van der Waals surface area contributed by atoms with Gasteiger partial charge in [-0.15, -0.1) is 0 Å². The van der Waals surface area contributed by atoms with E-state index in [-0.39, 0.29) is 24.2 Å². The molecule has 149 valence electrons. The molecule has 0 rings (SSSR count). The molecule has 7 heteroatoms. The molecular formula is C20H29N2O5. The van der Waals surface area contributed by atoms with Gasteiger partial charge in [-0.05, 0) is 44.3 Å². The predicted octanol–water partition coefficient (Wildman–Crippen LogP) is 5.45. The second-order valence-electron chi connectivity index (χ2n) is 6.00. The van der Waals surface area contributed by atoms with Crippen molar-refractivity contribution in [1.82, 2.24) is 0 Å². The molecule has 0 spiro atoms. The highest BCUT2D eigenvalue weighted by Gasteiger charge is 2.07. The van der Waals surface area contributed by atoms with Gasteiger partial charge >= 0.3 is 0 Å². The van der Waals surface area contributed by atoms with Crippen molar-refractivity contribution in [2.24, 2.45) is 0 Å². The predicted molar refractivity (Wildman–Crippen MR) is 106 cm³/mol. The fourth-order valence-corrected chi connectivity index (χ4v) is 2.34. The third-order valence-electron chi connectivity index (χ3n) is 3.79. The number of nitro groups is 2.